The summed E-state index contributed by atoms with van der Waals surface area (Å²) >= 11 is 0. The maximum Gasteiger partial charge on any atom is 0.417 e. The summed E-state index contributed by atoms with van der Waals surface area (Å²) in [6.45, 7) is 6.55. The number of likely N-dealkylation sites (tertiary alicyclic amines) is 1. The number of amides is 1. The molecule has 0 spiro atoms. The molecule has 0 atom stereocenters. The number of ether oxygens (including phenoxy) is 2. The van der Waals surface area contributed by atoms with E-state index < -0.39 is 17.8 Å². The van der Waals surface area contributed by atoms with Crippen molar-refractivity contribution in [1.29, 1.82) is 0 Å². The molecular formula is C29H32F3N3O3. The van der Waals surface area contributed by atoms with E-state index >= 15 is 0 Å². The number of carbonyl (C=O) groups excluding carboxylic acids is 1. The van der Waals surface area contributed by atoms with E-state index in [0.717, 1.165) is 57.2 Å². The Bertz CT molecular complexity index is 1150. The average molecular weight is 528 g/mol. The quantitative estimate of drug-likeness (QED) is 0.311. The third-order valence-electron chi connectivity index (χ3n) is 6.71. The molecule has 6 nitrogen and oxygen atoms in total. The van der Waals surface area contributed by atoms with Crippen LogP contribution in [0.3, 0.4) is 0 Å². The molecule has 1 aliphatic rings. The SMILES string of the molecule is CCN(CCc1ccccc1)CC1CCN(C(=O)Oc2ccc(Oc3ccc(C(F)(F)F)cn3)cc2)CC1. The molecule has 0 unspecified atom stereocenters. The number of benzene rings is 2. The van der Waals surface area contributed by atoms with Crippen LogP contribution in [0, 0.1) is 5.92 Å². The van der Waals surface area contributed by atoms with Gasteiger partial charge in [-0.05, 0) is 67.6 Å². The molecule has 1 saturated heterocycles. The monoisotopic (exact) mass is 527 g/mol. The van der Waals surface area contributed by atoms with E-state index in [1.165, 1.54) is 5.56 Å². The second kappa shape index (κ2) is 12.8. The molecule has 3 aromatic rings. The molecule has 4 rings (SSSR count). The van der Waals surface area contributed by atoms with E-state index in [2.05, 4.69) is 41.1 Å². The fourth-order valence-electron chi connectivity index (χ4n) is 4.44. The summed E-state index contributed by atoms with van der Waals surface area (Å²) < 4.78 is 49.0. The third-order valence-corrected chi connectivity index (χ3v) is 6.71. The normalized spacial score (nSPS) is 14.5. The largest absolute Gasteiger partial charge is 0.439 e. The average Bonchev–Trinajstić information content (AvgIpc) is 2.93. The number of pyridine rings is 1. The van der Waals surface area contributed by atoms with Crippen molar-refractivity contribution in [2.24, 2.45) is 5.92 Å². The molecule has 0 bridgehead atoms. The number of halogens is 3. The number of hydrogen-bond acceptors (Lipinski definition) is 5. The van der Waals surface area contributed by atoms with Gasteiger partial charge in [-0.3, -0.25) is 0 Å². The Morgan fingerprint density at radius 1 is 1.00 bits per heavy atom. The topological polar surface area (TPSA) is 54.9 Å². The minimum atomic E-state index is -4.45. The van der Waals surface area contributed by atoms with E-state index in [4.69, 9.17) is 9.47 Å². The molecule has 202 valence electrons. The van der Waals surface area contributed by atoms with E-state index in [0.29, 0.717) is 30.5 Å². The third kappa shape index (κ3) is 7.95. The van der Waals surface area contributed by atoms with Crippen molar-refractivity contribution >= 4 is 6.09 Å². The summed E-state index contributed by atoms with van der Waals surface area (Å²) in [6.07, 6.45) is -1.22. The Balaban J connectivity index is 1.20. The Morgan fingerprint density at radius 2 is 1.68 bits per heavy atom. The highest BCUT2D eigenvalue weighted by Gasteiger charge is 2.30. The van der Waals surface area contributed by atoms with E-state index in [1.807, 2.05) is 6.07 Å². The maximum absolute atomic E-state index is 12.7. The number of rotatable bonds is 9. The molecule has 38 heavy (non-hydrogen) atoms. The summed E-state index contributed by atoms with van der Waals surface area (Å²) in [4.78, 5) is 20.6. The Hall–Kier alpha value is -3.59. The van der Waals surface area contributed by atoms with Gasteiger partial charge in [0.25, 0.3) is 0 Å². The summed E-state index contributed by atoms with van der Waals surface area (Å²) in [5.74, 6) is 1.31. The number of likely N-dealkylation sites (N-methyl/N-ethyl adjacent to an activating group) is 1. The highest BCUT2D eigenvalue weighted by Crippen LogP contribution is 2.30. The fraction of sp³-hybridized carbons (Fsp3) is 0.379. The molecule has 1 aromatic heterocycles. The van der Waals surface area contributed by atoms with Gasteiger partial charge >= 0.3 is 12.3 Å². The molecule has 2 aromatic carbocycles. The zero-order chi connectivity index (χ0) is 27.0. The van der Waals surface area contributed by atoms with E-state index in [1.54, 1.807) is 29.2 Å². The summed E-state index contributed by atoms with van der Waals surface area (Å²) in [6, 6.07) is 18.9. The molecule has 0 saturated carbocycles. The van der Waals surface area contributed by atoms with Gasteiger partial charge in [0.15, 0.2) is 0 Å². The van der Waals surface area contributed by atoms with Crippen LogP contribution in [0.2, 0.25) is 0 Å². The van der Waals surface area contributed by atoms with Gasteiger partial charge in [0.2, 0.25) is 5.88 Å². The van der Waals surface area contributed by atoms with Gasteiger partial charge in [-0.25, -0.2) is 9.78 Å². The first-order chi connectivity index (χ1) is 18.3. The van der Waals surface area contributed by atoms with Gasteiger partial charge in [-0.15, -0.1) is 0 Å². The summed E-state index contributed by atoms with van der Waals surface area (Å²) in [5.41, 5.74) is 0.501. The summed E-state index contributed by atoms with van der Waals surface area (Å²) in [5, 5.41) is 0. The van der Waals surface area contributed by atoms with Gasteiger partial charge in [0.05, 0.1) is 5.56 Å². The van der Waals surface area contributed by atoms with Crippen LogP contribution in [-0.4, -0.2) is 53.6 Å². The first-order valence-corrected chi connectivity index (χ1v) is 12.8. The van der Waals surface area contributed by atoms with Crippen LogP contribution in [0.25, 0.3) is 0 Å². The highest BCUT2D eigenvalue weighted by molar-refractivity contribution is 5.70. The van der Waals surface area contributed by atoms with Crippen LogP contribution in [0.4, 0.5) is 18.0 Å². The molecule has 1 amide bonds. The molecule has 9 heteroatoms. The van der Waals surface area contributed by atoms with Crippen LogP contribution in [0.5, 0.6) is 17.4 Å². The number of piperidine rings is 1. The second-order valence-electron chi connectivity index (χ2n) is 9.38. The minimum Gasteiger partial charge on any atom is -0.439 e. The number of alkyl halides is 3. The Morgan fingerprint density at radius 3 is 2.29 bits per heavy atom. The van der Waals surface area contributed by atoms with Crippen molar-refractivity contribution in [2.45, 2.75) is 32.4 Å². The number of hydrogen-bond donors (Lipinski definition) is 0. The lowest BCUT2D eigenvalue weighted by Crippen LogP contribution is -2.43. The van der Waals surface area contributed by atoms with Crippen molar-refractivity contribution in [1.82, 2.24) is 14.8 Å². The predicted molar refractivity (Wildman–Crippen MR) is 138 cm³/mol. The lowest BCUT2D eigenvalue weighted by atomic mass is 9.96. The van der Waals surface area contributed by atoms with Crippen LogP contribution in [0.15, 0.2) is 72.9 Å². The zero-order valence-electron chi connectivity index (χ0n) is 21.4. The van der Waals surface area contributed by atoms with Crippen molar-refractivity contribution in [3.63, 3.8) is 0 Å². The van der Waals surface area contributed by atoms with Crippen LogP contribution in [-0.2, 0) is 12.6 Å². The van der Waals surface area contributed by atoms with Crippen LogP contribution >= 0.6 is 0 Å². The number of carbonyl (C=O) groups is 1. The van der Waals surface area contributed by atoms with Gasteiger partial charge in [-0.1, -0.05) is 37.3 Å². The Labute approximate surface area is 221 Å². The standard InChI is InChI=1S/C29H32F3N3O3/c1-2-34(17-14-22-6-4-3-5-7-22)21-23-15-18-35(19-16-23)28(36)38-26-11-9-25(10-12-26)37-27-13-8-24(20-33-27)29(30,31)32/h3-13,20,23H,2,14-19,21H2,1H3. The first-order valence-electron chi connectivity index (χ1n) is 12.8. The molecular weight excluding hydrogens is 495 g/mol. The molecule has 0 radical (unpaired) electrons. The maximum atomic E-state index is 12.7. The number of aromatic nitrogens is 1. The van der Waals surface area contributed by atoms with Crippen molar-refractivity contribution < 1.29 is 27.4 Å². The molecule has 0 aliphatic carbocycles. The van der Waals surface area contributed by atoms with Crippen LogP contribution < -0.4 is 9.47 Å². The predicted octanol–water partition coefficient (Wildman–Crippen LogP) is 6.67. The first kappa shape index (κ1) is 27.4. The van der Waals surface area contributed by atoms with E-state index in [9.17, 15) is 18.0 Å². The van der Waals surface area contributed by atoms with Gasteiger partial charge in [-0.2, -0.15) is 13.2 Å². The van der Waals surface area contributed by atoms with Crippen molar-refractivity contribution in [2.75, 3.05) is 32.7 Å². The fourth-order valence-corrected chi connectivity index (χ4v) is 4.44. The molecule has 0 N–H and O–H groups in total. The molecule has 1 fully saturated rings. The second-order valence-corrected chi connectivity index (χ2v) is 9.38. The van der Waals surface area contributed by atoms with Crippen LogP contribution in [0.1, 0.15) is 30.9 Å². The zero-order valence-corrected chi connectivity index (χ0v) is 21.4. The van der Waals surface area contributed by atoms with Gasteiger partial charge in [0.1, 0.15) is 11.5 Å². The highest BCUT2D eigenvalue weighted by atomic mass is 19.4. The minimum absolute atomic E-state index is 0.0346. The van der Waals surface area contributed by atoms with Gasteiger partial charge in [0, 0.05) is 38.4 Å². The smallest absolute Gasteiger partial charge is 0.417 e. The van der Waals surface area contributed by atoms with Crippen molar-refractivity contribution in [3.05, 3.63) is 84.1 Å². The summed E-state index contributed by atoms with van der Waals surface area (Å²) in [7, 11) is 0. The lowest BCUT2D eigenvalue weighted by Gasteiger charge is -2.34. The van der Waals surface area contributed by atoms with E-state index in [-0.39, 0.29) is 5.88 Å². The molecule has 2 heterocycles. The van der Waals surface area contributed by atoms with Crippen molar-refractivity contribution in [3.8, 4) is 17.4 Å². The van der Waals surface area contributed by atoms with Gasteiger partial charge < -0.3 is 19.3 Å². The Kier molecular flexibility index (Phi) is 9.23. The molecule has 1 aliphatic heterocycles. The lowest BCUT2D eigenvalue weighted by molar-refractivity contribution is -0.137. The number of nitrogens with zero attached hydrogens (tertiary/aromatic N) is 3.